The Morgan fingerprint density at radius 1 is 0.730 bits per heavy atom. The fourth-order valence-corrected chi connectivity index (χ4v) is 2.74. The Labute approximate surface area is 229 Å². The van der Waals surface area contributed by atoms with Gasteiger partial charge in [-0.1, -0.05) is 48.7 Å². The molecule has 13 heteroatoms. The summed E-state index contributed by atoms with van der Waals surface area (Å²) in [6.45, 7) is 4.89. The fourth-order valence-electron chi connectivity index (χ4n) is 2.57. The van der Waals surface area contributed by atoms with Crippen LogP contribution in [0.5, 0.6) is 11.5 Å². The van der Waals surface area contributed by atoms with Crippen molar-refractivity contribution in [2.75, 3.05) is 24.7 Å². The minimum absolute atomic E-state index is 0.100. The highest BCUT2D eigenvalue weighted by molar-refractivity contribution is 6.67. The van der Waals surface area contributed by atoms with Crippen molar-refractivity contribution >= 4 is 70.1 Å². The van der Waals surface area contributed by atoms with E-state index in [2.05, 4.69) is 9.47 Å². The Morgan fingerprint density at radius 2 is 1.14 bits per heavy atom. The molecule has 2 aromatic rings. The number of carbonyl (C=O) groups excluding carboxylic acids is 4. The van der Waals surface area contributed by atoms with Gasteiger partial charge in [-0.2, -0.15) is 0 Å². The maximum absolute atomic E-state index is 11.6. The van der Waals surface area contributed by atoms with Crippen molar-refractivity contribution in [3.63, 3.8) is 0 Å². The van der Waals surface area contributed by atoms with Crippen LogP contribution in [-0.2, 0) is 9.47 Å². The third-order valence-electron chi connectivity index (χ3n) is 4.31. The van der Waals surface area contributed by atoms with Gasteiger partial charge in [0.25, 0.3) is 0 Å². The first-order valence-electron chi connectivity index (χ1n) is 10.9. The second-order valence-corrected chi connectivity index (χ2v) is 9.61. The normalized spacial score (nSPS) is 10.4. The summed E-state index contributed by atoms with van der Waals surface area (Å²) in [5.41, 5.74) is 12.6. The number of nitrogen functional groups attached to an aromatic ring is 2. The van der Waals surface area contributed by atoms with Crippen molar-refractivity contribution in [2.24, 2.45) is 0 Å². The molecule has 0 amide bonds. The number of nitrogens with two attached hydrogens (primary N) is 2. The number of anilines is 2. The minimum atomic E-state index is -1.72. The summed E-state index contributed by atoms with van der Waals surface area (Å²) in [7, 11) is 0. The van der Waals surface area contributed by atoms with Crippen LogP contribution in [0.1, 0.15) is 54.3 Å². The number of ketones is 2. The fraction of sp³-hybridized carbons (Fsp3) is 0.333. The molecule has 0 radical (unpaired) electrons. The van der Waals surface area contributed by atoms with E-state index in [1.807, 2.05) is 0 Å². The van der Waals surface area contributed by atoms with Crippen LogP contribution in [0.2, 0.25) is 0 Å². The van der Waals surface area contributed by atoms with Crippen LogP contribution >= 0.6 is 34.8 Å². The second-order valence-electron chi connectivity index (χ2n) is 7.09. The van der Waals surface area contributed by atoms with Crippen molar-refractivity contribution in [1.29, 1.82) is 0 Å². The largest absolute Gasteiger partial charge is 0.513 e. The molecule has 0 spiro atoms. The number of hydrogen-bond acceptors (Lipinski definition) is 10. The Balaban J connectivity index is 0.000000375. The summed E-state index contributed by atoms with van der Waals surface area (Å²) < 4.78 is 17.2. The molecule has 2 aromatic carbocycles. The van der Waals surface area contributed by atoms with Gasteiger partial charge in [0.05, 0.1) is 6.61 Å². The van der Waals surface area contributed by atoms with Gasteiger partial charge in [0.2, 0.25) is 3.79 Å². The van der Waals surface area contributed by atoms with E-state index in [0.717, 1.165) is 0 Å². The highest BCUT2D eigenvalue weighted by Gasteiger charge is 2.23. The van der Waals surface area contributed by atoms with Crippen molar-refractivity contribution < 1.29 is 38.1 Å². The molecular weight excluding hydrogens is 551 g/mol. The quantitative estimate of drug-likeness (QED) is 0.123. The molecule has 0 aliphatic heterocycles. The Kier molecular flexibility index (Phi) is 13.0. The van der Waals surface area contributed by atoms with E-state index in [1.165, 1.54) is 36.4 Å². The molecule has 0 unspecified atom stereocenters. The van der Waals surface area contributed by atoms with E-state index < -0.39 is 22.7 Å². The predicted molar refractivity (Wildman–Crippen MR) is 141 cm³/mol. The van der Waals surface area contributed by atoms with E-state index in [4.69, 9.17) is 55.7 Å². The minimum Gasteiger partial charge on any atom is -0.434 e. The summed E-state index contributed by atoms with van der Waals surface area (Å²) in [4.78, 5) is 45.6. The molecule has 0 heterocycles. The lowest BCUT2D eigenvalue weighted by molar-refractivity contribution is 0.0974. The van der Waals surface area contributed by atoms with E-state index >= 15 is 0 Å². The lowest BCUT2D eigenvalue weighted by Gasteiger charge is -2.12. The summed E-state index contributed by atoms with van der Waals surface area (Å²) >= 11 is 16.3. The van der Waals surface area contributed by atoms with Crippen molar-refractivity contribution in [1.82, 2.24) is 0 Å². The second kappa shape index (κ2) is 15.1. The molecule has 0 aromatic heterocycles. The molecule has 0 aliphatic carbocycles. The number of carbonyl (C=O) groups is 4. The van der Waals surface area contributed by atoms with Crippen LogP contribution < -0.4 is 20.9 Å². The standard InChI is InChI=1S/C12H12Cl3NO4.C12H15NO4/c1-2-10(17)8-5-7(3-4-9(8)16)20-11(18)19-6-12(13,14)15;1-3-11(14)9-7-8(5-6-10(9)13)17-12(15)16-4-2/h3-5H,2,6,16H2,1H3;5-7H,3-4,13H2,1-2H3. The zero-order chi connectivity index (χ0) is 28.2. The van der Waals surface area contributed by atoms with Crippen LogP contribution in [0.3, 0.4) is 0 Å². The van der Waals surface area contributed by atoms with Gasteiger partial charge in [0, 0.05) is 35.3 Å². The van der Waals surface area contributed by atoms with Crippen LogP contribution in [0.25, 0.3) is 0 Å². The molecule has 2 rings (SSSR count). The zero-order valence-corrected chi connectivity index (χ0v) is 22.6. The predicted octanol–water partition coefficient (Wildman–Crippen LogP) is 6.14. The first kappa shape index (κ1) is 31.8. The van der Waals surface area contributed by atoms with Gasteiger partial charge < -0.3 is 30.4 Å². The van der Waals surface area contributed by atoms with Crippen LogP contribution in [0.15, 0.2) is 36.4 Å². The Bertz CT molecular complexity index is 1120. The Morgan fingerprint density at radius 3 is 1.49 bits per heavy atom. The summed E-state index contributed by atoms with van der Waals surface area (Å²) in [5.74, 6) is 0.0965. The molecule has 202 valence electrons. The molecule has 0 saturated carbocycles. The summed E-state index contributed by atoms with van der Waals surface area (Å²) in [6.07, 6.45) is -1.22. The topological polar surface area (TPSA) is 157 Å². The van der Waals surface area contributed by atoms with Gasteiger partial charge in [0.1, 0.15) is 18.1 Å². The van der Waals surface area contributed by atoms with E-state index in [0.29, 0.717) is 23.4 Å². The maximum atomic E-state index is 11.6. The molecule has 0 fully saturated rings. The van der Waals surface area contributed by atoms with Crippen molar-refractivity contribution in [3.8, 4) is 11.5 Å². The molecule has 10 nitrogen and oxygen atoms in total. The number of Topliss-reactive ketones (excluding diaryl/α,β-unsaturated/α-hetero) is 2. The number of halogens is 3. The van der Waals surface area contributed by atoms with Gasteiger partial charge in [-0.05, 0) is 43.3 Å². The highest BCUT2D eigenvalue weighted by atomic mass is 35.6. The molecule has 4 N–H and O–H groups in total. The van der Waals surface area contributed by atoms with Gasteiger partial charge in [-0.25, -0.2) is 9.59 Å². The lowest BCUT2D eigenvalue weighted by atomic mass is 10.1. The van der Waals surface area contributed by atoms with E-state index in [9.17, 15) is 19.2 Å². The maximum Gasteiger partial charge on any atom is 0.513 e. The SMILES string of the molecule is CCC(=O)c1cc(OC(=O)OCC(Cl)(Cl)Cl)ccc1N.CCOC(=O)Oc1ccc(N)c(C(=O)CC)c1. The van der Waals surface area contributed by atoms with Crippen molar-refractivity contribution in [2.45, 2.75) is 37.4 Å². The van der Waals surface area contributed by atoms with Gasteiger partial charge >= 0.3 is 12.3 Å². The monoisotopic (exact) mass is 576 g/mol. The van der Waals surface area contributed by atoms with E-state index in [1.54, 1.807) is 20.8 Å². The zero-order valence-electron chi connectivity index (χ0n) is 20.3. The number of rotatable bonds is 8. The smallest absolute Gasteiger partial charge is 0.434 e. The molecule has 37 heavy (non-hydrogen) atoms. The average Bonchev–Trinajstić information content (AvgIpc) is 2.84. The summed E-state index contributed by atoms with van der Waals surface area (Å²) in [6, 6.07) is 8.73. The first-order valence-corrected chi connectivity index (χ1v) is 12.1. The Hall–Kier alpha value is -3.21. The van der Waals surface area contributed by atoms with Crippen LogP contribution in [-0.4, -0.2) is 40.9 Å². The highest BCUT2D eigenvalue weighted by Crippen LogP contribution is 2.27. The van der Waals surface area contributed by atoms with Crippen molar-refractivity contribution in [3.05, 3.63) is 47.5 Å². The van der Waals surface area contributed by atoms with E-state index in [-0.39, 0.29) is 41.7 Å². The molecular formula is C24H27Cl3N2O8. The lowest BCUT2D eigenvalue weighted by Crippen LogP contribution is -2.19. The third kappa shape index (κ3) is 11.6. The third-order valence-corrected chi connectivity index (χ3v) is 4.64. The molecule has 0 bridgehead atoms. The summed E-state index contributed by atoms with van der Waals surface area (Å²) in [5, 5.41) is 0. The number of ether oxygens (including phenoxy) is 4. The number of hydrogen-bond donors (Lipinski definition) is 2. The molecule has 0 atom stereocenters. The molecule has 0 aliphatic rings. The first-order chi connectivity index (χ1) is 17.3. The van der Waals surface area contributed by atoms with Gasteiger partial charge in [-0.3, -0.25) is 9.59 Å². The molecule has 0 saturated heterocycles. The number of benzene rings is 2. The number of alkyl halides is 3. The van der Waals surface area contributed by atoms with Gasteiger partial charge in [0.15, 0.2) is 11.6 Å². The van der Waals surface area contributed by atoms with Crippen LogP contribution in [0, 0.1) is 0 Å². The van der Waals surface area contributed by atoms with Gasteiger partial charge in [-0.15, -0.1) is 0 Å². The average molecular weight is 578 g/mol. The van der Waals surface area contributed by atoms with Crippen LogP contribution in [0.4, 0.5) is 21.0 Å².